The smallest absolute Gasteiger partial charge is 0.253 e. The third kappa shape index (κ3) is 6.72. The topological polar surface area (TPSA) is 101 Å². The Labute approximate surface area is 215 Å². The van der Waals surface area contributed by atoms with Crippen molar-refractivity contribution in [2.45, 2.75) is 38.6 Å². The summed E-state index contributed by atoms with van der Waals surface area (Å²) in [4.78, 5) is 16.3. The molecule has 36 heavy (non-hydrogen) atoms. The van der Waals surface area contributed by atoms with Crippen molar-refractivity contribution in [3.63, 3.8) is 0 Å². The quantitative estimate of drug-likeness (QED) is 0.356. The van der Waals surface area contributed by atoms with Gasteiger partial charge in [0, 0.05) is 41.9 Å². The molecule has 2 aromatic carbocycles. The molecule has 0 spiro atoms. The predicted octanol–water partition coefficient (Wildman–Crippen LogP) is 4.02. The maximum atomic E-state index is 12.3. The summed E-state index contributed by atoms with van der Waals surface area (Å²) in [6, 6.07) is 19.2. The van der Waals surface area contributed by atoms with Gasteiger partial charge in [-0.2, -0.15) is 11.8 Å². The van der Waals surface area contributed by atoms with Crippen molar-refractivity contribution < 1.29 is 24.5 Å². The fourth-order valence-electron chi connectivity index (χ4n) is 4.15. The van der Waals surface area contributed by atoms with Crippen LogP contribution in [0.2, 0.25) is 0 Å². The molecule has 3 N–H and O–H groups in total. The second-order valence-corrected chi connectivity index (χ2v) is 9.94. The molecule has 1 aliphatic rings. The summed E-state index contributed by atoms with van der Waals surface area (Å²) in [5.74, 6) is 1.35. The molecule has 0 bridgehead atoms. The Balaban J connectivity index is 1.46. The Morgan fingerprint density at radius 2 is 1.72 bits per heavy atom. The lowest BCUT2D eigenvalue weighted by Crippen LogP contribution is -2.38. The number of aromatic nitrogens is 1. The number of aliphatic hydroxyl groups is 2. The third-order valence-corrected chi connectivity index (χ3v) is 7.31. The minimum absolute atomic E-state index is 0.00254. The van der Waals surface area contributed by atoms with Crippen molar-refractivity contribution in [2.75, 3.05) is 18.1 Å². The van der Waals surface area contributed by atoms with Crippen molar-refractivity contribution in [1.82, 2.24) is 10.3 Å². The average Bonchev–Trinajstić information content (AvgIpc) is 2.93. The molecule has 1 amide bonds. The highest BCUT2D eigenvalue weighted by Crippen LogP contribution is 2.42. The first kappa shape index (κ1) is 26.3. The molecule has 1 aromatic heterocycles. The number of carbonyl (C=O) groups is 1. The van der Waals surface area contributed by atoms with Crippen molar-refractivity contribution >= 4 is 17.7 Å². The second-order valence-electron chi connectivity index (χ2n) is 8.79. The van der Waals surface area contributed by atoms with Crippen LogP contribution in [-0.2, 0) is 22.6 Å². The van der Waals surface area contributed by atoms with Crippen molar-refractivity contribution in [1.29, 1.82) is 0 Å². The Bertz CT molecular complexity index is 1100. The molecule has 4 rings (SSSR count). The SMILES string of the molecule is C[C@H]1[C@@H](CSCCO)O[C@@H](c2ccc(CNC(=O)c3cccnc3)cc2)O[C@H]1c1ccc(CO)cc1. The number of amides is 1. The van der Waals surface area contributed by atoms with Gasteiger partial charge in [-0.15, -0.1) is 0 Å². The molecule has 8 heteroatoms. The molecular formula is C28H32N2O5S. The monoisotopic (exact) mass is 508 g/mol. The number of nitrogens with zero attached hydrogens (tertiary/aromatic N) is 1. The molecule has 7 nitrogen and oxygen atoms in total. The molecular weight excluding hydrogens is 476 g/mol. The van der Waals surface area contributed by atoms with E-state index in [-0.39, 0.29) is 37.2 Å². The maximum Gasteiger partial charge on any atom is 0.253 e. The summed E-state index contributed by atoms with van der Waals surface area (Å²) in [6.45, 7) is 2.66. The van der Waals surface area contributed by atoms with Crippen molar-refractivity contribution in [3.05, 3.63) is 101 Å². The summed E-state index contributed by atoms with van der Waals surface area (Å²) < 4.78 is 12.8. The molecule has 190 valence electrons. The van der Waals surface area contributed by atoms with Crippen LogP contribution in [0.5, 0.6) is 0 Å². The predicted molar refractivity (Wildman–Crippen MR) is 139 cm³/mol. The third-order valence-electron chi connectivity index (χ3n) is 6.27. The molecule has 1 saturated heterocycles. The molecule has 0 unspecified atom stereocenters. The summed E-state index contributed by atoms with van der Waals surface area (Å²) in [7, 11) is 0. The van der Waals surface area contributed by atoms with Crippen LogP contribution in [0.25, 0.3) is 0 Å². The number of nitrogens with one attached hydrogen (secondary N) is 1. The number of rotatable bonds is 10. The van der Waals surface area contributed by atoms with Gasteiger partial charge in [0.2, 0.25) is 0 Å². The van der Waals surface area contributed by atoms with Crippen molar-refractivity contribution in [2.24, 2.45) is 5.92 Å². The van der Waals surface area contributed by atoms with Gasteiger partial charge in [0.25, 0.3) is 5.91 Å². The number of aliphatic hydroxyl groups excluding tert-OH is 2. The van der Waals surface area contributed by atoms with E-state index in [0.29, 0.717) is 17.9 Å². The number of ether oxygens (including phenoxy) is 2. The summed E-state index contributed by atoms with van der Waals surface area (Å²) >= 11 is 1.67. The number of carbonyl (C=O) groups excluding carboxylic acids is 1. The van der Waals surface area contributed by atoms with Gasteiger partial charge in [-0.1, -0.05) is 55.5 Å². The van der Waals surface area contributed by atoms with E-state index in [0.717, 1.165) is 28.0 Å². The van der Waals surface area contributed by atoms with E-state index in [2.05, 4.69) is 17.2 Å². The van der Waals surface area contributed by atoms with E-state index >= 15 is 0 Å². The fourth-order valence-corrected chi connectivity index (χ4v) is 5.06. The second kappa shape index (κ2) is 13.0. The van der Waals surface area contributed by atoms with E-state index in [1.807, 2.05) is 48.5 Å². The van der Waals surface area contributed by atoms with Gasteiger partial charge < -0.3 is 25.0 Å². The first-order valence-electron chi connectivity index (χ1n) is 12.1. The minimum Gasteiger partial charge on any atom is -0.396 e. The minimum atomic E-state index is -0.539. The van der Waals surface area contributed by atoms with E-state index < -0.39 is 6.29 Å². The lowest BCUT2D eigenvalue weighted by atomic mass is 9.91. The van der Waals surface area contributed by atoms with Crippen LogP contribution in [0.4, 0.5) is 0 Å². The van der Waals surface area contributed by atoms with Gasteiger partial charge in [0.1, 0.15) is 0 Å². The number of thioether (sulfide) groups is 1. The zero-order valence-corrected chi connectivity index (χ0v) is 21.1. The van der Waals surface area contributed by atoms with Gasteiger partial charge in [-0.3, -0.25) is 9.78 Å². The Morgan fingerprint density at radius 3 is 2.39 bits per heavy atom. The van der Waals surface area contributed by atoms with Crippen molar-refractivity contribution in [3.8, 4) is 0 Å². The van der Waals surface area contributed by atoms with Gasteiger partial charge in [0.15, 0.2) is 6.29 Å². The normalized spacial score (nSPS) is 21.8. The number of hydrogen-bond donors (Lipinski definition) is 3. The van der Waals surface area contributed by atoms with Crippen LogP contribution in [0, 0.1) is 5.92 Å². The molecule has 1 aliphatic heterocycles. The molecule has 0 radical (unpaired) electrons. The molecule has 0 aliphatic carbocycles. The number of pyridine rings is 1. The molecule has 0 saturated carbocycles. The zero-order chi connectivity index (χ0) is 25.3. The fraction of sp³-hybridized carbons (Fsp3) is 0.357. The highest BCUT2D eigenvalue weighted by molar-refractivity contribution is 7.99. The van der Waals surface area contributed by atoms with E-state index in [1.165, 1.54) is 0 Å². The van der Waals surface area contributed by atoms with Crippen LogP contribution >= 0.6 is 11.8 Å². The van der Waals surface area contributed by atoms with Gasteiger partial charge in [0.05, 0.1) is 31.0 Å². The first-order chi connectivity index (χ1) is 17.6. The number of benzene rings is 2. The average molecular weight is 509 g/mol. The molecule has 3 aromatic rings. The molecule has 2 heterocycles. The van der Waals surface area contributed by atoms with E-state index in [1.54, 1.807) is 36.3 Å². The van der Waals surface area contributed by atoms with Gasteiger partial charge >= 0.3 is 0 Å². The van der Waals surface area contributed by atoms with E-state index in [4.69, 9.17) is 9.47 Å². The summed E-state index contributed by atoms with van der Waals surface area (Å²) in [6.07, 6.45) is 2.41. The highest BCUT2D eigenvalue weighted by Gasteiger charge is 2.38. The summed E-state index contributed by atoms with van der Waals surface area (Å²) in [5, 5.41) is 21.5. The Morgan fingerprint density at radius 1 is 1.00 bits per heavy atom. The van der Waals surface area contributed by atoms with Crippen LogP contribution in [-0.4, -0.2) is 45.3 Å². The molecule has 4 atom stereocenters. The molecule has 1 fully saturated rings. The Hall–Kier alpha value is -2.75. The van der Waals surface area contributed by atoms with Crippen LogP contribution < -0.4 is 5.32 Å². The highest BCUT2D eigenvalue weighted by atomic mass is 32.2. The van der Waals surface area contributed by atoms with Gasteiger partial charge in [-0.25, -0.2) is 0 Å². The zero-order valence-electron chi connectivity index (χ0n) is 20.2. The largest absolute Gasteiger partial charge is 0.396 e. The first-order valence-corrected chi connectivity index (χ1v) is 13.2. The Kier molecular flexibility index (Phi) is 9.49. The van der Waals surface area contributed by atoms with Crippen LogP contribution in [0.1, 0.15) is 51.9 Å². The summed E-state index contributed by atoms with van der Waals surface area (Å²) in [5.41, 5.74) is 4.29. The van der Waals surface area contributed by atoms with E-state index in [9.17, 15) is 15.0 Å². The number of hydrogen-bond acceptors (Lipinski definition) is 7. The standard InChI is InChI=1S/C28H32N2O5S/c1-19-25(18-36-14-13-31)34-28(35-26(19)22-8-6-21(17-32)7-9-22)23-10-4-20(5-11-23)15-30-27(33)24-3-2-12-29-16-24/h2-12,16,19,25-26,28,31-32H,13-15,17-18H2,1H3,(H,30,33)/t19-,25+,26+,28+/m0/s1. The lowest BCUT2D eigenvalue weighted by Gasteiger charge is -2.41. The lowest BCUT2D eigenvalue weighted by molar-refractivity contribution is -0.268. The van der Waals surface area contributed by atoms with Crippen LogP contribution in [0.15, 0.2) is 73.1 Å². The van der Waals surface area contributed by atoms with Gasteiger partial charge in [-0.05, 0) is 28.8 Å². The van der Waals surface area contributed by atoms with Crippen LogP contribution in [0.3, 0.4) is 0 Å². The maximum absolute atomic E-state index is 12.3.